The van der Waals surface area contributed by atoms with Crippen LogP contribution >= 0.6 is 0 Å². The number of rotatable bonds is 4. The molecule has 2 aromatic heterocycles. The fourth-order valence-electron chi connectivity index (χ4n) is 3.01. The highest BCUT2D eigenvalue weighted by Crippen LogP contribution is 2.22. The third-order valence-electron chi connectivity index (χ3n) is 4.53. The lowest BCUT2D eigenvalue weighted by Gasteiger charge is -2.07. The molecule has 0 aliphatic rings. The fraction of sp³-hybridized carbons (Fsp3) is 0.0909. The zero-order valence-electron chi connectivity index (χ0n) is 15.2. The normalized spacial score (nSPS) is 11.3. The van der Waals surface area contributed by atoms with Crippen LogP contribution in [0.4, 0.5) is 5.69 Å². The quantitative estimate of drug-likeness (QED) is 0.505. The minimum Gasteiger partial charge on any atom is -0.455 e. The summed E-state index contributed by atoms with van der Waals surface area (Å²) >= 11 is 0. The Hall–Kier alpha value is -3.60. The van der Waals surface area contributed by atoms with E-state index in [9.17, 15) is 4.79 Å². The van der Waals surface area contributed by atoms with Crippen molar-refractivity contribution in [2.45, 2.75) is 6.92 Å². The first kappa shape index (κ1) is 16.8. The Kier molecular flexibility index (Phi) is 4.34. The topological polar surface area (TPSA) is 52.4 Å². The summed E-state index contributed by atoms with van der Waals surface area (Å²) in [5.74, 6) is 1.37. The van der Waals surface area contributed by atoms with Crippen molar-refractivity contribution in [2.75, 3.05) is 0 Å². The molecule has 0 amide bonds. The molecule has 27 heavy (non-hydrogen) atoms. The Morgan fingerprint density at radius 2 is 1.59 bits per heavy atom. The molecule has 0 fully saturated rings. The van der Waals surface area contributed by atoms with Crippen LogP contribution in [0.5, 0.6) is 0 Å². The van der Waals surface area contributed by atoms with Crippen LogP contribution in [-0.2, 0) is 7.05 Å². The van der Waals surface area contributed by atoms with E-state index in [-0.39, 0.29) is 5.56 Å². The molecule has 4 aromatic rings. The summed E-state index contributed by atoms with van der Waals surface area (Å²) in [7, 11) is 1.85. The molecule has 5 nitrogen and oxygen atoms in total. The summed E-state index contributed by atoms with van der Waals surface area (Å²) in [6.07, 6.45) is 1.59. The second-order valence-electron chi connectivity index (χ2n) is 6.24. The third kappa shape index (κ3) is 3.15. The second kappa shape index (κ2) is 6.96. The first-order chi connectivity index (χ1) is 13.1. The Morgan fingerprint density at radius 3 is 2.30 bits per heavy atom. The lowest BCUT2D eigenvalue weighted by molar-refractivity contribution is 0.575. The van der Waals surface area contributed by atoms with Gasteiger partial charge in [-0.1, -0.05) is 48.5 Å². The number of benzene rings is 2. The molecule has 2 aromatic carbocycles. The van der Waals surface area contributed by atoms with Gasteiger partial charge in [-0.05, 0) is 31.2 Å². The van der Waals surface area contributed by atoms with E-state index in [1.807, 2.05) is 91.4 Å². The van der Waals surface area contributed by atoms with Gasteiger partial charge in [0.05, 0.1) is 17.6 Å². The van der Waals surface area contributed by atoms with Gasteiger partial charge in [-0.15, -0.1) is 0 Å². The SMILES string of the molecule is Cc1c(N=Cc2ccc(-c3ccccc3)o2)c(=O)n(-c2ccccc2)n1C. The zero-order valence-corrected chi connectivity index (χ0v) is 15.2. The van der Waals surface area contributed by atoms with Crippen LogP contribution in [0.15, 0.2) is 87.0 Å². The highest BCUT2D eigenvalue weighted by molar-refractivity contribution is 5.80. The number of para-hydroxylation sites is 1. The van der Waals surface area contributed by atoms with Crippen molar-refractivity contribution in [3.63, 3.8) is 0 Å². The largest absolute Gasteiger partial charge is 0.455 e. The predicted molar refractivity (Wildman–Crippen MR) is 107 cm³/mol. The molecule has 0 radical (unpaired) electrons. The number of furan rings is 1. The van der Waals surface area contributed by atoms with Gasteiger partial charge >= 0.3 is 0 Å². The van der Waals surface area contributed by atoms with Crippen molar-refractivity contribution < 1.29 is 4.42 Å². The molecule has 0 N–H and O–H groups in total. The van der Waals surface area contributed by atoms with Gasteiger partial charge in [0.1, 0.15) is 11.5 Å². The van der Waals surface area contributed by atoms with Crippen LogP contribution < -0.4 is 5.56 Å². The van der Waals surface area contributed by atoms with E-state index in [2.05, 4.69) is 4.99 Å². The smallest absolute Gasteiger partial charge is 0.297 e. The van der Waals surface area contributed by atoms with Gasteiger partial charge in [0.25, 0.3) is 5.56 Å². The summed E-state index contributed by atoms with van der Waals surface area (Å²) in [4.78, 5) is 17.3. The average molecular weight is 357 g/mol. The average Bonchev–Trinajstić information content (AvgIpc) is 3.26. The van der Waals surface area contributed by atoms with E-state index in [4.69, 9.17) is 4.42 Å². The molecular formula is C22H19N3O2. The van der Waals surface area contributed by atoms with Crippen LogP contribution in [0.25, 0.3) is 17.0 Å². The van der Waals surface area contributed by atoms with Crippen LogP contribution in [0, 0.1) is 6.92 Å². The highest BCUT2D eigenvalue weighted by Gasteiger charge is 2.15. The maximum atomic E-state index is 12.9. The van der Waals surface area contributed by atoms with E-state index in [1.54, 1.807) is 10.9 Å². The van der Waals surface area contributed by atoms with Crippen molar-refractivity contribution in [3.05, 3.63) is 94.6 Å². The lowest BCUT2D eigenvalue weighted by Crippen LogP contribution is -2.19. The first-order valence-corrected chi connectivity index (χ1v) is 8.68. The maximum Gasteiger partial charge on any atom is 0.297 e. The lowest BCUT2D eigenvalue weighted by atomic mass is 10.2. The Morgan fingerprint density at radius 1 is 0.926 bits per heavy atom. The maximum absolute atomic E-state index is 12.9. The number of aromatic nitrogens is 2. The van der Waals surface area contributed by atoms with Gasteiger partial charge in [0.2, 0.25) is 0 Å². The summed E-state index contributed by atoms with van der Waals surface area (Å²) in [6, 6.07) is 23.1. The number of hydrogen-bond donors (Lipinski definition) is 0. The van der Waals surface area contributed by atoms with Crippen molar-refractivity contribution in [3.8, 4) is 17.0 Å². The molecule has 0 aliphatic heterocycles. The Bertz CT molecular complexity index is 1150. The van der Waals surface area contributed by atoms with E-state index in [0.29, 0.717) is 11.4 Å². The molecule has 4 rings (SSSR count). The fourth-order valence-corrected chi connectivity index (χ4v) is 3.01. The second-order valence-corrected chi connectivity index (χ2v) is 6.24. The van der Waals surface area contributed by atoms with Crippen molar-refractivity contribution in [1.82, 2.24) is 9.36 Å². The molecule has 0 saturated carbocycles. The predicted octanol–water partition coefficient (Wildman–Crippen LogP) is 4.50. The molecule has 0 aliphatic carbocycles. The Labute approximate surface area is 156 Å². The van der Waals surface area contributed by atoms with Crippen LogP contribution in [0.1, 0.15) is 11.5 Å². The monoisotopic (exact) mass is 357 g/mol. The van der Waals surface area contributed by atoms with Gasteiger partial charge in [-0.3, -0.25) is 9.48 Å². The molecule has 0 atom stereocenters. The Balaban J connectivity index is 1.68. The van der Waals surface area contributed by atoms with Gasteiger partial charge < -0.3 is 4.42 Å². The van der Waals surface area contributed by atoms with Crippen LogP contribution in [0.2, 0.25) is 0 Å². The third-order valence-corrected chi connectivity index (χ3v) is 4.53. The molecule has 0 saturated heterocycles. The standard InChI is InChI=1S/C22H19N3O2/c1-16-21(22(26)25(24(16)2)18-11-7-4-8-12-18)23-15-19-13-14-20(27-19)17-9-5-3-6-10-17/h3-15H,1-2H3. The highest BCUT2D eigenvalue weighted by atomic mass is 16.3. The van der Waals surface area contributed by atoms with Crippen molar-refractivity contribution >= 4 is 11.9 Å². The minimum atomic E-state index is -0.160. The first-order valence-electron chi connectivity index (χ1n) is 8.68. The molecular weight excluding hydrogens is 338 g/mol. The minimum absolute atomic E-state index is 0.160. The summed E-state index contributed by atoms with van der Waals surface area (Å²) in [5, 5.41) is 0. The van der Waals surface area contributed by atoms with Gasteiger partial charge in [-0.2, -0.15) is 0 Å². The van der Waals surface area contributed by atoms with E-state index >= 15 is 0 Å². The van der Waals surface area contributed by atoms with Gasteiger partial charge in [0.15, 0.2) is 5.69 Å². The molecule has 134 valence electrons. The van der Waals surface area contributed by atoms with E-state index in [1.165, 1.54) is 0 Å². The van der Waals surface area contributed by atoms with E-state index in [0.717, 1.165) is 22.7 Å². The molecule has 5 heteroatoms. The molecule has 2 heterocycles. The molecule has 0 spiro atoms. The van der Waals surface area contributed by atoms with Gasteiger partial charge in [-0.25, -0.2) is 9.67 Å². The van der Waals surface area contributed by atoms with Crippen molar-refractivity contribution in [1.29, 1.82) is 0 Å². The van der Waals surface area contributed by atoms with Crippen LogP contribution in [0.3, 0.4) is 0 Å². The summed E-state index contributed by atoms with van der Waals surface area (Å²) in [6.45, 7) is 1.88. The van der Waals surface area contributed by atoms with Crippen LogP contribution in [-0.4, -0.2) is 15.6 Å². The number of nitrogens with zero attached hydrogens (tertiary/aromatic N) is 3. The number of aliphatic imine (C=N–C) groups is 1. The molecule has 0 unspecified atom stereocenters. The number of hydrogen-bond acceptors (Lipinski definition) is 3. The molecule has 0 bridgehead atoms. The zero-order chi connectivity index (χ0) is 18.8. The van der Waals surface area contributed by atoms with Crippen molar-refractivity contribution in [2.24, 2.45) is 12.0 Å². The van der Waals surface area contributed by atoms with E-state index < -0.39 is 0 Å². The van der Waals surface area contributed by atoms with Gasteiger partial charge in [0, 0.05) is 12.6 Å². The summed E-state index contributed by atoms with van der Waals surface area (Å²) < 4.78 is 9.25. The summed E-state index contributed by atoms with van der Waals surface area (Å²) in [5.41, 5.74) is 2.83.